The molecule has 0 N–H and O–H groups in total. The summed E-state index contributed by atoms with van der Waals surface area (Å²) < 4.78 is 0. The largest absolute Gasteiger partial charge is 0.352 e. The molecule has 4 heteroatoms. The maximum atomic E-state index is 12.9. The normalized spacial score (nSPS) is 20.3. The highest BCUT2D eigenvalue weighted by molar-refractivity contribution is 5.95. The van der Waals surface area contributed by atoms with Crippen molar-refractivity contribution in [1.82, 2.24) is 9.88 Å². The van der Waals surface area contributed by atoms with Gasteiger partial charge in [0.1, 0.15) is 5.82 Å². The van der Waals surface area contributed by atoms with Crippen molar-refractivity contribution in [2.75, 3.05) is 18.0 Å². The average molecular weight is 335 g/mol. The molecule has 0 saturated carbocycles. The Labute approximate surface area is 149 Å². The van der Waals surface area contributed by atoms with Crippen LogP contribution in [0.15, 0.2) is 42.6 Å². The van der Waals surface area contributed by atoms with Crippen molar-refractivity contribution >= 4 is 11.7 Å². The summed E-state index contributed by atoms with van der Waals surface area (Å²) in [7, 11) is 0. The van der Waals surface area contributed by atoms with Crippen molar-refractivity contribution < 1.29 is 4.79 Å². The van der Waals surface area contributed by atoms with Crippen LogP contribution in [0.25, 0.3) is 0 Å². The minimum atomic E-state index is 0.147. The SMILES string of the molecule is CC1CCCCN1C(=O)c1ccnc(N2CCc3ccccc3C2)c1. The standard InChI is InChI=1S/C21H25N3O/c1-16-6-4-5-12-24(16)21(25)18-9-11-22-20(14-18)23-13-10-17-7-2-3-8-19(17)15-23/h2-3,7-9,11,14,16H,4-6,10,12-13,15H2,1H3. The maximum Gasteiger partial charge on any atom is 0.254 e. The second-order valence-electron chi connectivity index (χ2n) is 7.19. The number of aromatic nitrogens is 1. The third-order valence-electron chi connectivity index (χ3n) is 5.51. The van der Waals surface area contributed by atoms with E-state index in [4.69, 9.17) is 0 Å². The number of nitrogens with zero attached hydrogens (tertiary/aromatic N) is 3. The van der Waals surface area contributed by atoms with Gasteiger partial charge in [0.05, 0.1) is 0 Å². The van der Waals surface area contributed by atoms with Gasteiger partial charge >= 0.3 is 0 Å². The molecule has 4 nitrogen and oxygen atoms in total. The minimum absolute atomic E-state index is 0.147. The Kier molecular flexibility index (Phi) is 4.43. The molecule has 1 fully saturated rings. The van der Waals surface area contributed by atoms with Crippen molar-refractivity contribution in [2.24, 2.45) is 0 Å². The molecular formula is C21H25N3O. The lowest BCUT2D eigenvalue weighted by molar-refractivity contribution is 0.0635. The molecule has 2 aromatic rings. The van der Waals surface area contributed by atoms with Gasteiger partial charge in [-0.25, -0.2) is 4.98 Å². The van der Waals surface area contributed by atoms with Gasteiger partial charge in [-0.3, -0.25) is 4.79 Å². The van der Waals surface area contributed by atoms with E-state index in [9.17, 15) is 4.79 Å². The highest BCUT2D eigenvalue weighted by atomic mass is 16.2. The number of hydrogen-bond acceptors (Lipinski definition) is 3. The zero-order valence-corrected chi connectivity index (χ0v) is 14.8. The highest BCUT2D eigenvalue weighted by Crippen LogP contribution is 2.25. The summed E-state index contributed by atoms with van der Waals surface area (Å²) in [5.41, 5.74) is 3.54. The van der Waals surface area contributed by atoms with Gasteiger partial charge in [-0.2, -0.15) is 0 Å². The lowest BCUT2D eigenvalue weighted by Gasteiger charge is -2.34. The number of piperidine rings is 1. The fraction of sp³-hybridized carbons (Fsp3) is 0.429. The summed E-state index contributed by atoms with van der Waals surface area (Å²) in [6.45, 7) is 4.83. The Morgan fingerprint density at radius 3 is 2.80 bits per heavy atom. The van der Waals surface area contributed by atoms with Gasteiger partial charge in [0.2, 0.25) is 0 Å². The molecule has 0 aliphatic carbocycles. The topological polar surface area (TPSA) is 36.4 Å². The van der Waals surface area contributed by atoms with Gasteiger partial charge in [0.15, 0.2) is 0 Å². The molecule has 0 radical (unpaired) electrons. The molecule has 1 saturated heterocycles. The number of rotatable bonds is 2. The summed E-state index contributed by atoms with van der Waals surface area (Å²) in [5, 5.41) is 0. The molecule has 3 heterocycles. The van der Waals surface area contributed by atoms with E-state index in [2.05, 4.69) is 41.1 Å². The van der Waals surface area contributed by atoms with Gasteiger partial charge in [0.25, 0.3) is 5.91 Å². The monoisotopic (exact) mass is 335 g/mol. The van der Waals surface area contributed by atoms with Gasteiger partial charge < -0.3 is 9.80 Å². The van der Waals surface area contributed by atoms with Crippen LogP contribution in [0.4, 0.5) is 5.82 Å². The molecule has 1 aromatic carbocycles. The molecule has 4 rings (SSSR count). The van der Waals surface area contributed by atoms with E-state index in [0.717, 1.165) is 50.3 Å². The number of anilines is 1. The van der Waals surface area contributed by atoms with E-state index in [1.165, 1.54) is 17.5 Å². The van der Waals surface area contributed by atoms with E-state index in [-0.39, 0.29) is 5.91 Å². The molecule has 0 bridgehead atoms. The molecule has 1 aromatic heterocycles. The lowest BCUT2D eigenvalue weighted by atomic mass is 10.00. The number of fused-ring (bicyclic) bond motifs is 1. The first-order chi connectivity index (χ1) is 12.2. The summed E-state index contributed by atoms with van der Waals surface area (Å²) in [6.07, 6.45) is 6.24. The van der Waals surface area contributed by atoms with Crippen LogP contribution in [0.3, 0.4) is 0 Å². The number of carbonyl (C=O) groups excluding carboxylic acids is 1. The number of pyridine rings is 1. The predicted octanol–water partition coefficient (Wildman–Crippen LogP) is 3.66. The number of benzene rings is 1. The van der Waals surface area contributed by atoms with Crippen LogP contribution in [-0.4, -0.2) is 34.9 Å². The molecule has 0 spiro atoms. The molecule has 2 aliphatic rings. The molecule has 1 amide bonds. The summed E-state index contributed by atoms with van der Waals surface area (Å²) in [5.74, 6) is 1.05. The number of likely N-dealkylation sites (tertiary alicyclic amines) is 1. The third-order valence-corrected chi connectivity index (χ3v) is 5.51. The van der Waals surface area contributed by atoms with E-state index in [0.29, 0.717) is 6.04 Å². The van der Waals surface area contributed by atoms with Crippen LogP contribution in [-0.2, 0) is 13.0 Å². The Morgan fingerprint density at radius 2 is 1.96 bits per heavy atom. The van der Waals surface area contributed by atoms with Crippen LogP contribution in [0.5, 0.6) is 0 Å². The Morgan fingerprint density at radius 1 is 1.12 bits per heavy atom. The lowest BCUT2D eigenvalue weighted by Crippen LogP contribution is -2.42. The van der Waals surface area contributed by atoms with Crippen LogP contribution in [0.1, 0.15) is 47.7 Å². The van der Waals surface area contributed by atoms with Gasteiger partial charge in [-0.05, 0) is 55.9 Å². The van der Waals surface area contributed by atoms with Gasteiger partial charge in [-0.1, -0.05) is 24.3 Å². The van der Waals surface area contributed by atoms with Crippen LogP contribution in [0.2, 0.25) is 0 Å². The predicted molar refractivity (Wildman–Crippen MR) is 99.8 cm³/mol. The van der Waals surface area contributed by atoms with Crippen LogP contribution < -0.4 is 4.90 Å². The maximum absolute atomic E-state index is 12.9. The smallest absolute Gasteiger partial charge is 0.254 e. The van der Waals surface area contributed by atoms with Gasteiger partial charge in [0, 0.05) is 37.4 Å². The Bertz CT molecular complexity index is 773. The first-order valence-corrected chi connectivity index (χ1v) is 9.31. The minimum Gasteiger partial charge on any atom is -0.352 e. The van der Waals surface area contributed by atoms with Crippen molar-refractivity contribution in [2.45, 2.75) is 45.2 Å². The van der Waals surface area contributed by atoms with Crippen LogP contribution >= 0.6 is 0 Å². The van der Waals surface area contributed by atoms with E-state index < -0.39 is 0 Å². The van der Waals surface area contributed by atoms with Crippen molar-refractivity contribution in [3.8, 4) is 0 Å². The molecule has 1 unspecified atom stereocenters. The molecule has 1 atom stereocenters. The van der Waals surface area contributed by atoms with Crippen molar-refractivity contribution in [1.29, 1.82) is 0 Å². The molecule has 2 aliphatic heterocycles. The van der Waals surface area contributed by atoms with E-state index in [1.54, 1.807) is 6.20 Å². The zero-order valence-electron chi connectivity index (χ0n) is 14.8. The highest BCUT2D eigenvalue weighted by Gasteiger charge is 2.25. The Balaban J connectivity index is 1.55. The molecule has 25 heavy (non-hydrogen) atoms. The second-order valence-corrected chi connectivity index (χ2v) is 7.19. The number of hydrogen-bond donors (Lipinski definition) is 0. The first-order valence-electron chi connectivity index (χ1n) is 9.31. The summed E-state index contributed by atoms with van der Waals surface area (Å²) in [6, 6.07) is 12.7. The second kappa shape index (κ2) is 6.87. The Hall–Kier alpha value is -2.36. The summed E-state index contributed by atoms with van der Waals surface area (Å²) in [4.78, 5) is 21.8. The molecular weight excluding hydrogens is 310 g/mol. The quantitative estimate of drug-likeness (QED) is 0.840. The number of carbonyl (C=O) groups is 1. The van der Waals surface area contributed by atoms with Crippen molar-refractivity contribution in [3.05, 3.63) is 59.3 Å². The third kappa shape index (κ3) is 3.26. The molecule has 130 valence electrons. The van der Waals surface area contributed by atoms with Crippen LogP contribution in [0, 0.1) is 0 Å². The fourth-order valence-electron chi connectivity index (χ4n) is 3.98. The number of amides is 1. The first kappa shape index (κ1) is 16.1. The zero-order chi connectivity index (χ0) is 17.2. The van der Waals surface area contributed by atoms with Gasteiger partial charge in [-0.15, -0.1) is 0 Å². The van der Waals surface area contributed by atoms with Crippen molar-refractivity contribution in [3.63, 3.8) is 0 Å². The average Bonchev–Trinajstić information content (AvgIpc) is 2.67. The summed E-state index contributed by atoms with van der Waals surface area (Å²) >= 11 is 0. The fourth-order valence-corrected chi connectivity index (χ4v) is 3.98. The van der Waals surface area contributed by atoms with E-state index >= 15 is 0 Å². The van der Waals surface area contributed by atoms with E-state index in [1.807, 2.05) is 17.0 Å².